The minimum Gasteiger partial charge on any atom is -0.364 e. The zero-order valence-corrected chi connectivity index (χ0v) is 17.8. The lowest BCUT2D eigenvalue weighted by molar-refractivity contribution is 0.940. The summed E-state index contributed by atoms with van der Waals surface area (Å²) < 4.78 is 0. The molecule has 1 N–H and O–H groups in total. The zero-order valence-electron chi connectivity index (χ0n) is 16.2. The van der Waals surface area contributed by atoms with E-state index >= 15 is 0 Å². The number of thiazole rings is 1. The molecule has 0 fully saturated rings. The van der Waals surface area contributed by atoms with Gasteiger partial charge in [-0.2, -0.15) is 0 Å². The topological polar surface area (TPSA) is 63.6 Å². The van der Waals surface area contributed by atoms with E-state index in [1.165, 1.54) is 5.56 Å². The Balaban J connectivity index is 1.54. The SMILES string of the molecule is Cc1nc(C)c(Cc2ccc(Cl)cc2)c(NCc2csc(-c3ccncc3)n2)n1. The average Bonchev–Trinajstić information content (AvgIpc) is 3.20. The molecule has 0 amide bonds. The number of anilines is 1. The molecule has 1 aromatic carbocycles. The Morgan fingerprint density at radius 1 is 0.966 bits per heavy atom. The molecule has 0 saturated carbocycles. The number of halogens is 1. The maximum absolute atomic E-state index is 6.02. The van der Waals surface area contributed by atoms with Crippen molar-refractivity contribution in [3.63, 3.8) is 0 Å². The average molecular weight is 422 g/mol. The van der Waals surface area contributed by atoms with Gasteiger partial charge in [0.15, 0.2) is 0 Å². The van der Waals surface area contributed by atoms with Gasteiger partial charge in [0, 0.05) is 46.0 Å². The molecular weight excluding hydrogens is 402 g/mol. The quantitative estimate of drug-likeness (QED) is 0.447. The molecule has 0 spiro atoms. The maximum Gasteiger partial charge on any atom is 0.133 e. The molecular formula is C22H20ClN5S. The minimum absolute atomic E-state index is 0.602. The van der Waals surface area contributed by atoms with Gasteiger partial charge in [0.05, 0.1) is 12.2 Å². The smallest absolute Gasteiger partial charge is 0.133 e. The van der Waals surface area contributed by atoms with Gasteiger partial charge in [0.1, 0.15) is 16.6 Å². The van der Waals surface area contributed by atoms with Crippen LogP contribution in [0.3, 0.4) is 0 Å². The van der Waals surface area contributed by atoms with E-state index < -0.39 is 0 Å². The first kappa shape index (κ1) is 19.5. The summed E-state index contributed by atoms with van der Waals surface area (Å²) in [6.07, 6.45) is 4.30. The molecule has 0 aliphatic carbocycles. The van der Waals surface area contributed by atoms with Crippen LogP contribution in [0.15, 0.2) is 54.2 Å². The molecule has 3 aromatic heterocycles. The van der Waals surface area contributed by atoms with Gasteiger partial charge in [-0.3, -0.25) is 4.98 Å². The third kappa shape index (κ3) is 4.78. The van der Waals surface area contributed by atoms with Crippen LogP contribution in [0.4, 0.5) is 5.82 Å². The molecule has 0 atom stereocenters. The molecule has 3 heterocycles. The van der Waals surface area contributed by atoms with Crippen molar-refractivity contribution >= 4 is 28.8 Å². The second-order valence-electron chi connectivity index (χ2n) is 6.72. The first-order valence-electron chi connectivity index (χ1n) is 9.26. The van der Waals surface area contributed by atoms with Gasteiger partial charge in [-0.15, -0.1) is 11.3 Å². The number of pyridine rings is 1. The molecule has 146 valence electrons. The van der Waals surface area contributed by atoms with Gasteiger partial charge < -0.3 is 5.32 Å². The molecule has 4 rings (SSSR count). The number of aryl methyl sites for hydroxylation is 2. The van der Waals surface area contributed by atoms with Crippen LogP contribution in [0, 0.1) is 13.8 Å². The van der Waals surface area contributed by atoms with Crippen LogP contribution in [0.5, 0.6) is 0 Å². The van der Waals surface area contributed by atoms with Crippen LogP contribution in [0.2, 0.25) is 5.02 Å². The van der Waals surface area contributed by atoms with E-state index in [1.54, 1.807) is 23.7 Å². The molecule has 0 radical (unpaired) electrons. The fourth-order valence-corrected chi connectivity index (χ4v) is 4.04. The highest BCUT2D eigenvalue weighted by Crippen LogP contribution is 2.25. The van der Waals surface area contributed by atoms with Crippen molar-refractivity contribution in [3.8, 4) is 10.6 Å². The Morgan fingerprint density at radius 2 is 1.72 bits per heavy atom. The molecule has 7 heteroatoms. The van der Waals surface area contributed by atoms with Crippen molar-refractivity contribution in [1.82, 2.24) is 19.9 Å². The number of nitrogens with zero attached hydrogens (tertiary/aromatic N) is 4. The Morgan fingerprint density at radius 3 is 2.48 bits per heavy atom. The summed E-state index contributed by atoms with van der Waals surface area (Å²) in [7, 11) is 0. The van der Waals surface area contributed by atoms with Gasteiger partial charge in [-0.1, -0.05) is 23.7 Å². The van der Waals surface area contributed by atoms with E-state index in [1.807, 2.05) is 50.2 Å². The number of nitrogens with one attached hydrogen (secondary N) is 1. The molecule has 0 saturated heterocycles. The van der Waals surface area contributed by atoms with Gasteiger partial charge in [0.2, 0.25) is 0 Å². The predicted octanol–water partition coefficient (Wildman–Crippen LogP) is 5.47. The van der Waals surface area contributed by atoms with Crippen molar-refractivity contribution < 1.29 is 0 Å². The Kier molecular flexibility index (Phi) is 5.83. The second-order valence-corrected chi connectivity index (χ2v) is 8.01. The summed E-state index contributed by atoms with van der Waals surface area (Å²) >= 11 is 7.64. The lowest BCUT2D eigenvalue weighted by Gasteiger charge is -2.14. The van der Waals surface area contributed by atoms with Crippen molar-refractivity contribution in [2.24, 2.45) is 0 Å². The first-order chi connectivity index (χ1) is 14.1. The van der Waals surface area contributed by atoms with Crippen LogP contribution in [0.1, 0.15) is 28.3 Å². The van der Waals surface area contributed by atoms with Crippen molar-refractivity contribution in [1.29, 1.82) is 0 Å². The molecule has 4 aromatic rings. The van der Waals surface area contributed by atoms with Crippen molar-refractivity contribution in [3.05, 3.63) is 87.5 Å². The summed E-state index contributed by atoms with van der Waals surface area (Å²) in [5.41, 5.74) is 5.29. The molecule has 0 aliphatic rings. The molecule has 0 unspecified atom stereocenters. The monoisotopic (exact) mass is 421 g/mol. The summed E-state index contributed by atoms with van der Waals surface area (Å²) in [5.74, 6) is 1.60. The fraction of sp³-hybridized carbons (Fsp3) is 0.182. The number of rotatable bonds is 6. The minimum atomic E-state index is 0.602. The summed E-state index contributed by atoms with van der Waals surface area (Å²) in [6, 6.07) is 11.8. The third-order valence-electron chi connectivity index (χ3n) is 4.54. The lowest BCUT2D eigenvalue weighted by atomic mass is 10.0. The van der Waals surface area contributed by atoms with Crippen molar-refractivity contribution in [2.45, 2.75) is 26.8 Å². The number of aromatic nitrogens is 4. The third-order valence-corrected chi connectivity index (χ3v) is 5.73. The van der Waals surface area contributed by atoms with Crippen LogP contribution >= 0.6 is 22.9 Å². The van der Waals surface area contributed by atoms with Gasteiger partial charge in [0.25, 0.3) is 0 Å². The highest BCUT2D eigenvalue weighted by molar-refractivity contribution is 7.13. The fourth-order valence-electron chi connectivity index (χ4n) is 3.09. The predicted molar refractivity (Wildman–Crippen MR) is 118 cm³/mol. The Hall–Kier alpha value is -2.83. The van der Waals surface area contributed by atoms with E-state index in [9.17, 15) is 0 Å². The number of hydrogen-bond acceptors (Lipinski definition) is 6. The largest absolute Gasteiger partial charge is 0.364 e. The normalized spacial score (nSPS) is 10.9. The van der Waals surface area contributed by atoms with Gasteiger partial charge in [-0.05, 0) is 43.7 Å². The molecule has 0 bridgehead atoms. The van der Waals surface area contributed by atoms with Crippen LogP contribution in [0.25, 0.3) is 10.6 Å². The number of benzene rings is 1. The summed E-state index contributed by atoms with van der Waals surface area (Å²) in [6.45, 7) is 4.54. The Labute approximate surface area is 178 Å². The number of hydrogen-bond donors (Lipinski definition) is 1. The van der Waals surface area contributed by atoms with E-state index in [-0.39, 0.29) is 0 Å². The Bertz CT molecular complexity index is 1110. The highest BCUT2D eigenvalue weighted by atomic mass is 35.5. The zero-order chi connectivity index (χ0) is 20.2. The maximum atomic E-state index is 6.02. The standard InChI is InChI=1S/C22H20ClN5S/c1-14-20(11-16-3-5-18(23)6-4-16)21(27-15(2)26-14)25-12-19-13-29-22(28-19)17-7-9-24-10-8-17/h3-10,13H,11-12H2,1-2H3,(H,25,26,27). The summed E-state index contributed by atoms with van der Waals surface area (Å²) in [5, 5.41) is 7.25. The van der Waals surface area contributed by atoms with Crippen LogP contribution in [-0.2, 0) is 13.0 Å². The van der Waals surface area contributed by atoms with E-state index in [4.69, 9.17) is 16.6 Å². The van der Waals surface area contributed by atoms with E-state index in [0.29, 0.717) is 6.54 Å². The first-order valence-corrected chi connectivity index (χ1v) is 10.5. The molecule has 5 nitrogen and oxygen atoms in total. The highest BCUT2D eigenvalue weighted by Gasteiger charge is 2.12. The van der Waals surface area contributed by atoms with Crippen LogP contribution in [-0.4, -0.2) is 19.9 Å². The van der Waals surface area contributed by atoms with Crippen LogP contribution < -0.4 is 5.32 Å². The summed E-state index contributed by atoms with van der Waals surface area (Å²) in [4.78, 5) is 18.0. The lowest BCUT2D eigenvalue weighted by Crippen LogP contribution is -2.10. The second kappa shape index (κ2) is 8.68. The van der Waals surface area contributed by atoms with E-state index in [0.717, 1.165) is 50.6 Å². The van der Waals surface area contributed by atoms with E-state index in [2.05, 4.69) is 25.6 Å². The molecule has 29 heavy (non-hydrogen) atoms. The van der Waals surface area contributed by atoms with Gasteiger partial charge in [-0.25, -0.2) is 15.0 Å². The van der Waals surface area contributed by atoms with Crippen molar-refractivity contribution in [2.75, 3.05) is 5.32 Å². The molecule has 0 aliphatic heterocycles. The van der Waals surface area contributed by atoms with Gasteiger partial charge >= 0.3 is 0 Å².